The Kier molecular flexibility index (Phi) is 6.11. The molecule has 1 aromatic carbocycles. The Morgan fingerprint density at radius 2 is 1.74 bits per heavy atom. The SMILES string of the molecule is COc1ccc(OCCC(C)CCS(N)(=O)=O)cc1. The lowest BCUT2D eigenvalue weighted by Crippen LogP contribution is -2.18. The zero-order valence-electron chi connectivity index (χ0n) is 11.3. The number of benzene rings is 1. The van der Waals surface area contributed by atoms with E-state index in [2.05, 4.69) is 0 Å². The van der Waals surface area contributed by atoms with Crippen LogP contribution in [0.1, 0.15) is 19.8 Å². The number of primary sulfonamides is 1. The summed E-state index contributed by atoms with van der Waals surface area (Å²) in [5, 5.41) is 4.96. The normalized spacial score (nSPS) is 13.0. The Labute approximate surface area is 114 Å². The third-order valence-corrected chi connectivity index (χ3v) is 3.64. The molecule has 1 unspecified atom stereocenters. The Morgan fingerprint density at radius 1 is 1.16 bits per heavy atom. The van der Waals surface area contributed by atoms with Gasteiger partial charge in [-0.2, -0.15) is 0 Å². The molecule has 0 aliphatic carbocycles. The maximum Gasteiger partial charge on any atom is 0.209 e. The number of nitrogens with two attached hydrogens (primary N) is 1. The first-order valence-electron chi connectivity index (χ1n) is 6.18. The summed E-state index contributed by atoms with van der Waals surface area (Å²) in [6.07, 6.45) is 1.35. The van der Waals surface area contributed by atoms with Crippen LogP contribution in [0.15, 0.2) is 24.3 Å². The van der Waals surface area contributed by atoms with Gasteiger partial charge in [0.2, 0.25) is 10.0 Å². The molecule has 0 aliphatic rings. The molecule has 0 aromatic heterocycles. The predicted octanol–water partition coefficient (Wildman–Crippen LogP) is 1.78. The molecule has 0 heterocycles. The molecule has 0 aliphatic heterocycles. The van der Waals surface area contributed by atoms with Gasteiger partial charge < -0.3 is 9.47 Å². The van der Waals surface area contributed by atoms with Crippen molar-refractivity contribution < 1.29 is 17.9 Å². The molecule has 0 radical (unpaired) electrons. The van der Waals surface area contributed by atoms with E-state index in [1.54, 1.807) is 7.11 Å². The summed E-state index contributed by atoms with van der Waals surface area (Å²) in [5.74, 6) is 1.85. The fraction of sp³-hybridized carbons (Fsp3) is 0.538. The molecular weight excluding hydrogens is 266 g/mol. The molecule has 5 nitrogen and oxygen atoms in total. The first-order chi connectivity index (χ1) is 8.90. The van der Waals surface area contributed by atoms with Crippen LogP contribution in [-0.2, 0) is 10.0 Å². The van der Waals surface area contributed by atoms with E-state index in [0.29, 0.717) is 13.0 Å². The zero-order valence-corrected chi connectivity index (χ0v) is 12.2. The van der Waals surface area contributed by atoms with E-state index >= 15 is 0 Å². The van der Waals surface area contributed by atoms with Crippen molar-refractivity contribution in [2.24, 2.45) is 11.1 Å². The van der Waals surface area contributed by atoms with Crippen molar-refractivity contribution in [2.45, 2.75) is 19.8 Å². The fourth-order valence-corrected chi connectivity index (χ4v) is 2.29. The summed E-state index contributed by atoms with van der Waals surface area (Å²) in [7, 11) is -1.74. The molecule has 0 fully saturated rings. The van der Waals surface area contributed by atoms with E-state index in [1.807, 2.05) is 31.2 Å². The average Bonchev–Trinajstić information content (AvgIpc) is 2.36. The van der Waals surface area contributed by atoms with E-state index in [-0.39, 0.29) is 11.7 Å². The highest BCUT2D eigenvalue weighted by molar-refractivity contribution is 7.89. The van der Waals surface area contributed by atoms with Crippen molar-refractivity contribution in [3.63, 3.8) is 0 Å². The Morgan fingerprint density at radius 3 is 2.26 bits per heavy atom. The molecule has 2 N–H and O–H groups in total. The van der Waals surface area contributed by atoms with Crippen molar-refractivity contribution in [2.75, 3.05) is 19.5 Å². The van der Waals surface area contributed by atoms with Crippen LogP contribution in [0.3, 0.4) is 0 Å². The lowest BCUT2D eigenvalue weighted by Gasteiger charge is -2.12. The highest BCUT2D eigenvalue weighted by Gasteiger charge is 2.08. The minimum absolute atomic E-state index is 0.0245. The van der Waals surface area contributed by atoms with Crippen molar-refractivity contribution in [3.8, 4) is 11.5 Å². The van der Waals surface area contributed by atoms with Crippen LogP contribution in [-0.4, -0.2) is 27.9 Å². The van der Waals surface area contributed by atoms with Crippen molar-refractivity contribution >= 4 is 10.0 Å². The molecule has 108 valence electrons. The van der Waals surface area contributed by atoms with Gasteiger partial charge in [-0.05, 0) is 43.0 Å². The predicted molar refractivity (Wildman–Crippen MR) is 74.9 cm³/mol. The number of rotatable bonds is 8. The lowest BCUT2D eigenvalue weighted by atomic mass is 10.1. The second kappa shape index (κ2) is 7.35. The van der Waals surface area contributed by atoms with Gasteiger partial charge in [-0.3, -0.25) is 0 Å². The maximum atomic E-state index is 10.8. The maximum absolute atomic E-state index is 10.8. The van der Waals surface area contributed by atoms with E-state index < -0.39 is 10.0 Å². The third-order valence-electron chi connectivity index (χ3n) is 2.83. The Balaban J connectivity index is 2.25. The molecule has 0 amide bonds. The van der Waals surface area contributed by atoms with E-state index in [1.165, 1.54) is 0 Å². The van der Waals surface area contributed by atoms with Crippen molar-refractivity contribution in [1.29, 1.82) is 0 Å². The van der Waals surface area contributed by atoms with Crippen LogP contribution >= 0.6 is 0 Å². The second-order valence-corrected chi connectivity index (χ2v) is 6.31. The second-order valence-electron chi connectivity index (χ2n) is 4.57. The monoisotopic (exact) mass is 287 g/mol. The van der Waals surface area contributed by atoms with Gasteiger partial charge in [-0.1, -0.05) is 6.92 Å². The van der Waals surface area contributed by atoms with Gasteiger partial charge in [0.1, 0.15) is 11.5 Å². The first-order valence-corrected chi connectivity index (χ1v) is 7.89. The van der Waals surface area contributed by atoms with Crippen molar-refractivity contribution in [1.82, 2.24) is 0 Å². The van der Waals surface area contributed by atoms with Gasteiger partial charge >= 0.3 is 0 Å². The van der Waals surface area contributed by atoms with Crippen LogP contribution in [0.2, 0.25) is 0 Å². The smallest absolute Gasteiger partial charge is 0.209 e. The summed E-state index contributed by atoms with van der Waals surface area (Å²) in [4.78, 5) is 0. The number of hydrogen-bond acceptors (Lipinski definition) is 4. The van der Waals surface area contributed by atoms with E-state index in [4.69, 9.17) is 14.6 Å². The molecule has 0 saturated heterocycles. The van der Waals surface area contributed by atoms with Gasteiger partial charge in [0.15, 0.2) is 0 Å². The summed E-state index contributed by atoms with van der Waals surface area (Å²) in [6, 6.07) is 7.35. The zero-order chi connectivity index (χ0) is 14.3. The molecule has 1 atom stereocenters. The van der Waals surface area contributed by atoms with Crippen LogP contribution in [0.25, 0.3) is 0 Å². The minimum atomic E-state index is -3.36. The summed E-state index contributed by atoms with van der Waals surface area (Å²) in [6.45, 7) is 2.54. The lowest BCUT2D eigenvalue weighted by molar-refractivity contribution is 0.281. The quantitative estimate of drug-likeness (QED) is 0.790. The van der Waals surface area contributed by atoms with Gasteiger partial charge in [-0.25, -0.2) is 13.6 Å². The molecular formula is C13H21NO4S. The highest BCUT2D eigenvalue weighted by atomic mass is 32.2. The highest BCUT2D eigenvalue weighted by Crippen LogP contribution is 2.18. The van der Waals surface area contributed by atoms with Gasteiger partial charge in [0.25, 0.3) is 0 Å². The van der Waals surface area contributed by atoms with Crippen LogP contribution in [0.4, 0.5) is 0 Å². The van der Waals surface area contributed by atoms with Crippen LogP contribution in [0.5, 0.6) is 11.5 Å². The summed E-state index contributed by atoms with van der Waals surface area (Å²) >= 11 is 0. The number of methoxy groups -OCH3 is 1. The fourth-order valence-electron chi connectivity index (χ4n) is 1.56. The van der Waals surface area contributed by atoms with Crippen LogP contribution in [0, 0.1) is 5.92 Å². The summed E-state index contributed by atoms with van der Waals surface area (Å²) < 4.78 is 32.3. The number of hydrogen-bond donors (Lipinski definition) is 1. The molecule has 1 aromatic rings. The van der Waals surface area contributed by atoms with Crippen molar-refractivity contribution in [3.05, 3.63) is 24.3 Å². The standard InChI is InChI=1S/C13H21NO4S/c1-11(8-10-19(14,15)16)7-9-18-13-5-3-12(17-2)4-6-13/h3-6,11H,7-10H2,1-2H3,(H2,14,15,16). The minimum Gasteiger partial charge on any atom is -0.497 e. The Hall–Kier alpha value is -1.27. The van der Waals surface area contributed by atoms with E-state index in [0.717, 1.165) is 17.9 Å². The number of ether oxygens (including phenoxy) is 2. The molecule has 6 heteroatoms. The first kappa shape index (κ1) is 15.8. The van der Waals surface area contributed by atoms with Gasteiger partial charge in [0.05, 0.1) is 19.5 Å². The molecule has 0 spiro atoms. The summed E-state index contributed by atoms with van der Waals surface area (Å²) in [5.41, 5.74) is 0. The molecule has 0 bridgehead atoms. The topological polar surface area (TPSA) is 78.6 Å². The average molecular weight is 287 g/mol. The van der Waals surface area contributed by atoms with E-state index in [9.17, 15) is 8.42 Å². The molecule has 0 saturated carbocycles. The van der Waals surface area contributed by atoms with Crippen LogP contribution < -0.4 is 14.6 Å². The van der Waals surface area contributed by atoms with Gasteiger partial charge in [0, 0.05) is 0 Å². The largest absolute Gasteiger partial charge is 0.497 e. The molecule has 19 heavy (non-hydrogen) atoms. The number of sulfonamides is 1. The third kappa shape index (κ3) is 7.03. The Bertz CT molecular complexity index is 470. The molecule has 1 rings (SSSR count). The van der Waals surface area contributed by atoms with Gasteiger partial charge in [-0.15, -0.1) is 0 Å².